The van der Waals surface area contributed by atoms with E-state index in [0.717, 1.165) is 76.2 Å². The minimum atomic E-state index is -1.93. The number of anilines is 3. The minimum Gasteiger partial charge on any atom is -0.479 e. The molecule has 3 aliphatic heterocycles. The van der Waals surface area contributed by atoms with Crippen LogP contribution in [0.3, 0.4) is 0 Å². The van der Waals surface area contributed by atoms with E-state index in [1.54, 1.807) is 57.3 Å². The highest BCUT2D eigenvalue weighted by Crippen LogP contribution is 2.72. The molecule has 6 amide bonds. The molecule has 13 rings (SSSR count). The van der Waals surface area contributed by atoms with E-state index in [1.807, 2.05) is 59.0 Å². The van der Waals surface area contributed by atoms with Crippen molar-refractivity contribution in [3.8, 4) is 11.1 Å². The van der Waals surface area contributed by atoms with Gasteiger partial charge in [0.25, 0.3) is 17.7 Å². The van der Waals surface area contributed by atoms with Crippen LogP contribution in [0.25, 0.3) is 21.3 Å². The lowest BCUT2D eigenvalue weighted by Crippen LogP contribution is -2.64. The number of carboxylic acids is 2. The average Bonchev–Trinajstić information content (AvgIpc) is 0.955. The van der Waals surface area contributed by atoms with Gasteiger partial charge < -0.3 is 60.2 Å². The maximum atomic E-state index is 14.5. The molecule has 2 unspecified atom stereocenters. The summed E-state index contributed by atoms with van der Waals surface area (Å²) in [6, 6.07) is 20.6. The summed E-state index contributed by atoms with van der Waals surface area (Å²) in [5, 5.41) is 66.6. The van der Waals surface area contributed by atoms with Gasteiger partial charge in [-0.1, -0.05) is 83.2 Å². The van der Waals surface area contributed by atoms with Crippen molar-refractivity contribution in [2.75, 3.05) is 48.3 Å². The van der Waals surface area contributed by atoms with Crippen molar-refractivity contribution in [2.24, 2.45) is 28.1 Å². The fourth-order valence-electron chi connectivity index (χ4n) is 17.9. The van der Waals surface area contributed by atoms with Gasteiger partial charge in [-0.05, 0) is 152 Å². The van der Waals surface area contributed by atoms with Gasteiger partial charge in [0.15, 0.2) is 22.7 Å². The molecular formula is C78H92N10O18S. The predicted molar refractivity (Wildman–Crippen MR) is 392 cm³/mol. The molecule has 0 radical (unpaired) electrons. The number of aliphatic hydroxyl groups excluding tert-OH is 3. The number of aliphatic hydroxyl groups is 3. The van der Waals surface area contributed by atoms with Crippen LogP contribution in [0.4, 0.5) is 21.4 Å². The molecule has 568 valence electrons. The van der Waals surface area contributed by atoms with Crippen molar-refractivity contribution in [1.82, 2.24) is 34.9 Å². The number of carboxylic acid groups (broad SMARTS) is 2. The first-order valence-corrected chi connectivity index (χ1v) is 37.2. The molecule has 107 heavy (non-hydrogen) atoms. The summed E-state index contributed by atoms with van der Waals surface area (Å²) in [6.07, 6.45) is -0.154. The second-order valence-corrected chi connectivity index (χ2v) is 32.0. The summed E-state index contributed by atoms with van der Waals surface area (Å²) < 4.78 is 21.7. The Morgan fingerprint density at radius 2 is 1.55 bits per heavy atom. The number of Topliss-reactive ketones (excluding diaryl/α,β-unsaturated/α-hetero) is 2. The summed E-state index contributed by atoms with van der Waals surface area (Å²) in [5.74, 6) is -7.20. The number of thiazole rings is 1. The molecule has 3 aromatic carbocycles. The largest absolute Gasteiger partial charge is 0.479 e. The normalized spacial score (nSPS) is 24.8. The van der Waals surface area contributed by atoms with Crippen LogP contribution >= 0.6 is 11.3 Å². The lowest BCUT2D eigenvalue weighted by Gasteiger charge is -2.69. The summed E-state index contributed by atoms with van der Waals surface area (Å²) >= 11 is 1.40. The molecule has 0 spiro atoms. The van der Waals surface area contributed by atoms with E-state index in [0.29, 0.717) is 71.2 Å². The van der Waals surface area contributed by atoms with E-state index in [2.05, 4.69) is 34.8 Å². The van der Waals surface area contributed by atoms with E-state index in [1.165, 1.54) is 23.2 Å². The van der Waals surface area contributed by atoms with Crippen LogP contribution in [0.15, 0.2) is 91.1 Å². The Kier molecular flexibility index (Phi) is 22.5. The van der Waals surface area contributed by atoms with Gasteiger partial charge in [-0.3, -0.25) is 48.5 Å². The highest BCUT2D eigenvalue weighted by Gasteiger charge is 2.66. The zero-order valence-corrected chi connectivity index (χ0v) is 61.8. The number of aryl methyl sites for hydroxylation is 1. The number of aromatic nitrogens is 4. The number of pyridine rings is 1. The predicted octanol–water partition coefficient (Wildman–Crippen LogP) is 7.99. The highest BCUT2D eigenvalue weighted by molar-refractivity contribution is 7.22. The third kappa shape index (κ3) is 16.9. The number of ketones is 2. The number of amides is 6. The van der Waals surface area contributed by atoms with E-state index in [4.69, 9.17) is 24.3 Å². The number of fused-ring (bicyclic) bond motifs is 2. The Morgan fingerprint density at radius 3 is 2.25 bits per heavy atom. The Labute approximate surface area is 622 Å². The average molecular weight is 1490 g/mol. The number of hydrogen-bond acceptors (Lipinski definition) is 21. The summed E-state index contributed by atoms with van der Waals surface area (Å²) in [5.41, 5.74) is 4.86. The van der Waals surface area contributed by atoms with E-state index in [-0.39, 0.29) is 97.7 Å². The maximum Gasteiger partial charge on any atom is 0.410 e. The SMILES string of the molecule is CCC(=O)CCN(CCOC12CC3(C)CC(C)(CC(Cn4ncc(-c5ccc(N6CCc7cccc(C(=O)Nc8nc9ccccc9s8)c7C6)nc5C(=O)O)c4C)(C3)C1)C2)C(=O)OCc1ccc(NC(=O)[C@H](C)CC(=O)[C@@H](NC(=O)CN2C(=O)C=CC2=O)C(C)C)cc1CC[C@@H]1O[C@H](C(=O)O)[C@@H](O)[C@H](O)[C@H]1O. The van der Waals surface area contributed by atoms with Crippen LogP contribution in [0.5, 0.6) is 0 Å². The Balaban J connectivity index is 0.715. The van der Waals surface area contributed by atoms with E-state index in [9.17, 15) is 73.5 Å². The van der Waals surface area contributed by atoms with Crippen LogP contribution in [-0.2, 0) is 80.3 Å². The van der Waals surface area contributed by atoms with Crippen LogP contribution in [0.1, 0.15) is 155 Å². The van der Waals surface area contributed by atoms with Crippen LogP contribution < -0.4 is 20.9 Å². The van der Waals surface area contributed by atoms with Gasteiger partial charge in [-0.2, -0.15) is 5.10 Å². The first kappa shape index (κ1) is 77.0. The van der Waals surface area contributed by atoms with Gasteiger partial charge in [-0.15, -0.1) is 0 Å². The number of nitrogens with one attached hydrogen (secondary N) is 3. The number of rotatable bonds is 30. The molecule has 4 bridgehead atoms. The standard InChI is InChI=1S/C78H92N10O18S/c1-8-50(89)25-27-85(74(103)104-35-48-16-18-49(31-47(48)17-20-57-65(94)66(95)67(96)68(106-57)72(101)102)80-69(97)44(4)30-56(90)63(43(2)3)83-60(91)34-87-61(92)22-23-62(87)93)28-29-105-78-39-75(6)36-76(7,40-78)38-77(37-75,41-78)42-88-45(5)53(32-79-88)51-19-21-59(82-64(51)71(99)100)86-26-24-46-12-11-13-52(54(46)33-86)70(98)84-73-81-55-14-9-10-15-58(55)107-73/h9-16,18-19,21-23,31-32,43-44,57,63,65-68,94-96H,8,17,20,24-30,33-42H2,1-7H3,(H,80,97)(H,83,91)(H,99,100)(H,101,102)(H,81,84,98)/t44-,57+,63+,65+,66-,67+,68+,75?,76?,77?,78?/m1/s1. The Morgan fingerprint density at radius 1 is 0.813 bits per heavy atom. The number of hydrogen-bond donors (Lipinski definition) is 8. The van der Waals surface area contributed by atoms with Crippen molar-refractivity contribution in [1.29, 1.82) is 0 Å². The van der Waals surface area contributed by atoms with Crippen molar-refractivity contribution in [3.05, 3.63) is 130 Å². The van der Waals surface area contributed by atoms with Crippen molar-refractivity contribution in [2.45, 2.75) is 187 Å². The summed E-state index contributed by atoms with van der Waals surface area (Å²) in [7, 11) is 0. The summed E-state index contributed by atoms with van der Waals surface area (Å²) in [4.78, 5) is 145. The number of para-hydroxylation sites is 1. The van der Waals surface area contributed by atoms with E-state index >= 15 is 0 Å². The number of carbonyl (C=O) groups excluding carboxylic acids is 8. The van der Waals surface area contributed by atoms with Gasteiger partial charge in [0.05, 0.1) is 40.8 Å². The Hall–Kier alpha value is -9.65. The van der Waals surface area contributed by atoms with Gasteiger partial charge in [0.1, 0.15) is 43.1 Å². The van der Waals surface area contributed by atoms with Crippen molar-refractivity contribution >= 4 is 97.3 Å². The molecule has 6 heterocycles. The zero-order valence-electron chi connectivity index (χ0n) is 61.0. The first-order valence-electron chi connectivity index (χ1n) is 36.4. The molecule has 4 aliphatic carbocycles. The Bertz CT molecular complexity index is 4460. The molecule has 29 heteroatoms. The number of nitrogens with zero attached hydrogens (tertiary/aromatic N) is 7. The molecule has 4 saturated carbocycles. The van der Waals surface area contributed by atoms with Gasteiger partial charge >= 0.3 is 18.0 Å². The first-order chi connectivity index (χ1) is 50.8. The van der Waals surface area contributed by atoms with Gasteiger partial charge in [0, 0.05) is 98.1 Å². The van der Waals surface area contributed by atoms with Gasteiger partial charge in [0.2, 0.25) is 11.8 Å². The second kappa shape index (κ2) is 31.3. The molecule has 9 atom stereocenters. The third-order valence-corrected chi connectivity index (χ3v) is 23.0. The number of aliphatic carboxylic acids is 1. The molecular weight excluding hydrogens is 1400 g/mol. The molecule has 6 aromatic rings. The zero-order chi connectivity index (χ0) is 76.6. The molecule has 8 N–H and O–H groups in total. The lowest BCUT2D eigenvalue weighted by atomic mass is 9.39. The van der Waals surface area contributed by atoms with Gasteiger partial charge in [-0.25, -0.2) is 24.4 Å². The van der Waals surface area contributed by atoms with Crippen LogP contribution in [0.2, 0.25) is 0 Å². The topological polar surface area (TPSA) is 389 Å². The fraction of sp³-hybridized carbons (Fsp3) is 0.500. The molecule has 28 nitrogen and oxygen atoms in total. The number of ether oxygens (including phenoxy) is 3. The molecule has 5 fully saturated rings. The minimum absolute atomic E-state index is 0.0140. The van der Waals surface area contributed by atoms with Crippen LogP contribution in [-0.4, -0.2) is 189 Å². The number of carbonyl (C=O) groups is 10. The lowest BCUT2D eigenvalue weighted by molar-refractivity contribution is -0.248. The molecule has 7 aliphatic rings. The second-order valence-electron chi connectivity index (χ2n) is 31.0. The smallest absolute Gasteiger partial charge is 0.410 e. The van der Waals surface area contributed by atoms with Crippen molar-refractivity contribution in [3.63, 3.8) is 0 Å². The van der Waals surface area contributed by atoms with Crippen molar-refractivity contribution < 1.29 is 87.7 Å². The number of benzene rings is 3. The molecule has 3 aromatic heterocycles. The number of aromatic carboxylic acids is 1. The van der Waals surface area contributed by atoms with E-state index < -0.39 is 108 Å². The maximum absolute atomic E-state index is 14.5. The number of imide groups is 1. The molecule has 1 saturated heterocycles. The highest BCUT2D eigenvalue weighted by atomic mass is 32.1. The monoisotopic (exact) mass is 1490 g/mol. The summed E-state index contributed by atoms with van der Waals surface area (Å²) in [6.45, 7) is 13.9. The van der Waals surface area contributed by atoms with Crippen LogP contribution in [0, 0.1) is 35.0 Å². The quantitative estimate of drug-likeness (QED) is 0.0198. The third-order valence-electron chi connectivity index (χ3n) is 22.0. The fourth-order valence-corrected chi connectivity index (χ4v) is 18.7.